The van der Waals surface area contributed by atoms with E-state index in [1.807, 2.05) is 0 Å². The largest absolute Gasteiger partial charge is 0.544 e. The monoisotopic (exact) mass is 207 g/mol. The van der Waals surface area contributed by atoms with Crippen LogP contribution in [0.15, 0.2) is 0 Å². The molecule has 2 atom stereocenters. The summed E-state index contributed by atoms with van der Waals surface area (Å²) in [4.78, 5) is 10.4. The van der Waals surface area contributed by atoms with Gasteiger partial charge in [0.1, 0.15) is 17.8 Å². The molecule has 13 heavy (non-hydrogen) atoms. The van der Waals surface area contributed by atoms with E-state index in [2.05, 4.69) is 0 Å². The van der Waals surface area contributed by atoms with E-state index in [1.165, 1.54) is 6.92 Å². The van der Waals surface area contributed by atoms with Crippen molar-refractivity contribution in [2.24, 2.45) is 0 Å². The summed E-state index contributed by atoms with van der Waals surface area (Å²) in [6.07, 6.45) is 0.542. The second kappa shape index (κ2) is 3.63. The van der Waals surface area contributed by atoms with E-state index < -0.39 is 21.8 Å². The maximum Gasteiger partial charge on any atom is 0.156 e. The van der Waals surface area contributed by atoms with E-state index >= 15 is 0 Å². The first-order chi connectivity index (χ1) is 5.91. The fourth-order valence-corrected chi connectivity index (χ4v) is 3.22. The molecule has 1 fully saturated rings. The molecule has 0 radical (unpaired) electrons. The lowest BCUT2D eigenvalue weighted by Gasteiger charge is -2.15. The number of carboxylic acids is 1. The standard InChI is InChI=1S/C7H13NO4S/c1-5(7(9)10)8-6-2-3-13(11,12)4-6/h5-6,8H,2-4H2,1H3,(H,9,10)/t5-,6+/m1/s1. The van der Waals surface area contributed by atoms with Crippen molar-refractivity contribution in [1.82, 2.24) is 0 Å². The van der Waals surface area contributed by atoms with E-state index in [0.29, 0.717) is 6.42 Å². The molecule has 0 unspecified atom stereocenters. The van der Waals surface area contributed by atoms with Crippen molar-refractivity contribution in [3.63, 3.8) is 0 Å². The highest BCUT2D eigenvalue weighted by molar-refractivity contribution is 7.91. The number of carbonyl (C=O) groups is 1. The van der Waals surface area contributed by atoms with E-state index in [0.717, 1.165) is 0 Å². The van der Waals surface area contributed by atoms with Gasteiger partial charge in [-0.25, -0.2) is 8.42 Å². The maximum atomic E-state index is 11.0. The predicted octanol–water partition coefficient (Wildman–Crippen LogP) is -3.12. The van der Waals surface area contributed by atoms with Crippen molar-refractivity contribution in [2.45, 2.75) is 25.4 Å². The molecule has 0 aliphatic carbocycles. The number of carboxylic acid groups (broad SMARTS) is 1. The molecule has 1 saturated heterocycles. The molecule has 1 heterocycles. The molecule has 1 aliphatic rings. The Kier molecular flexibility index (Phi) is 2.92. The van der Waals surface area contributed by atoms with Crippen LogP contribution in [-0.4, -0.2) is 38.0 Å². The van der Waals surface area contributed by atoms with E-state index in [-0.39, 0.29) is 17.5 Å². The summed E-state index contributed by atoms with van der Waals surface area (Å²) in [6.45, 7) is 1.50. The number of rotatable bonds is 3. The first-order valence-electron chi connectivity index (χ1n) is 4.17. The molecule has 76 valence electrons. The van der Waals surface area contributed by atoms with Crippen molar-refractivity contribution < 1.29 is 23.6 Å². The summed E-state index contributed by atoms with van der Waals surface area (Å²) >= 11 is 0. The highest BCUT2D eigenvalue weighted by Gasteiger charge is 2.31. The van der Waals surface area contributed by atoms with Crippen LogP contribution in [0.25, 0.3) is 0 Å². The van der Waals surface area contributed by atoms with Crippen LogP contribution in [0.2, 0.25) is 0 Å². The Morgan fingerprint density at radius 2 is 2.23 bits per heavy atom. The number of hydrogen-bond donors (Lipinski definition) is 1. The number of aliphatic carboxylic acids is 1. The van der Waals surface area contributed by atoms with Gasteiger partial charge in [0.05, 0.1) is 11.7 Å². The number of hydrogen-bond acceptors (Lipinski definition) is 4. The summed E-state index contributed by atoms with van der Waals surface area (Å²) < 4.78 is 22.0. The summed E-state index contributed by atoms with van der Waals surface area (Å²) in [5.41, 5.74) is 0. The average Bonchev–Trinajstić information content (AvgIpc) is 2.30. The summed E-state index contributed by atoms with van der Waals surface area (Å²) in [6, 6.07) is -0.781. The Balaban J connectivity index is 2.45. The van der Waals surface area contributed by atoms with Gasteiger partial charge in [0.2, 0.25) is 0 Å². The van der Waals surface area contributed by atoms with Gasteiger partial charge in [-0.05, 0) is 6.92 Å². The maximum absolute atomic E-state index is 11.0. The lowest BCUT2D eigenvalue weighted by Crippen LogP contribution is -2.97. The van der Waals surface area contributed by atoms with Crippen LogP contribution in [0.1, 0.15) is 13.3 Å². The minimum Gasteiger partial charge on any atom is -0.544 e. The second-order valence-corrected chi connectivity index (χ2v) is 5.69. The third-order valence-corrected chi connectivity index (χ3v) is 3.99. The van der Waals surface area contributed by atoms with Crippen molar-refractivity contribution in [3.8, 4) is 0 Å². The minimum atomic E-state index is -2.91. The predicted molar refractivity (Wildman–Crippen MR) is 43.5 cm³/mol. The molecule has 0 aromatic heterocycles. The van der Waals surface area contributed by atoms with Gasteiger partial charge >= 0.3 is 0 Å². The van der Waals surface area contributed by atoms with Gasteiger partial charge in [0.25, 0.3) is 0 Å². The summed E-state index contributed by atoms with van der Waals surface area (Å²) in [5.74, 6) is -0.886. The fraction of sp³-hybridized carbons (Fsp3) is 0.857. The van der Waals surface area contributed by atoms with Crippen molar-refractivity contribution in [1.29, 1.82) is 0 Å². The lowest BCUT2D eigenvalue weighted by atomic mass is 10.2. The Hall–Kier alpha value is -0.620. The van der Waals surface area contributed by atoms with Gasteiger partial charge in [-0.3, -0.25) is 0 Å². The normalized spacial score (nSPS) is 28.5. The number of nitrogens with two attached hydrogens (primary N) is 1. The Bertz CT molecular complexity index is 298. The molecule has 1 rings (SSSR count). The molecule has 2 N–H and O–H groups in total. The molecule has 1 aliphatic heterocycles. The van der Waals surface area contributed by atoms with Crippen LogP contribution in [0.5, 0.6) is 0 Å². The first kappa shape index (κ1) is 10.5. The van der Waals surface area contributed by atoms with Crippen molar-refractivity contribution in [2.75, 3.05) is 11.5 Å². The zero-order valence-electron chi connectivity index (χ0n) is 7.39. The molecule has 0 amide bonds. The Morgan fingerprint density at radius 1 is 1.62 bits per heavy atom. The number of quaternary nitrogens is 1. The quantitative estimate of drug-likeness (QED) is 0.530. The van der Waals surface area contributed by atoms with Crippen LogP contribution in [-0.2, 0) is 14.6 Å². The van der Waals surface area contributed by atoms with Gasteiger partial charge < -0.3 is 15.2 Å². The van der Waals surface area contributed by atoms with E-state index in [1.54, 1.807) is 5.32 Å². The molecule has 0 spiro atoms. The van der Waals surface area contributed by atoms with Gasteiger partial charge in [0, 0.05) is 6.42 Å². The zero-order chi connectivity index (χ0) is 10.1. The first-order valence-corrected chi connectivity index (χ1v) is 5.99. The molecule has 5 nitrogen and oxygen atoms in total. The van der Waals surface area contributed by atoms with Crippen LogP contribution in [0.4, 0.5) is 0 Å². The second-order valence-electron chi connectivity index (χ2n) is 3.46. The van der Waals surface area contributed by atoms with Gasteiger partial charge in [-0.2, -0.15) is 0 Å². The molecule has 0 bridgehead atoms. The van der Waals surface area contributed by atoms with Gasteiger partial charge in [-0.15, -0.1) is 0 Å². The lowest BCUT2D eigenvalue weighted by molar-refractivity contribution is -0.707. The summed E-state index contributed by atoms with van der Waals surface area (Å²) in [7, 11) is -2.91. The van der Waals surface area contributed by atoms with Crippen LogP contribution >= 0.6 is 0 Å². The molecule has 0 aromatic rings. The molecular weight excluding hydrogens is 194 g/mol. The highest BCUT2D eigenvalue weighted by Crippen LogP contribution is 2.07. The molecule has 6 heteroatoms. The van der Waals surface area contributed by atoms with E-state index in [4.69, 9.17) is 0 Å². The van der Waals surface area contributed by atoms with Gasteiger partial charge in [-0.1, -0.05) is 0 Å². The zero-order valence-corrected chi connectivity index (χ0v) is 8.21. The Labute approximate surface area is 77.1 Å². The smallest absolute Gasteiger partial charge is 0.156 e. The van der Waals surface area contributed by atoms with Crippen molar-refractivity contribution in [3.05, 3.63) is 0 Å². The number of sulfone groups is 1. The van der Waals surface area contributed by atoms with E-state index in [9.17, 15) is 18.3 Å². The fourth-order valence-electron chi connectivity index (χ4n) is 1.46. The third kappa shape index (κ3) is 2.96. The van der Waals surface area contributed by atoms with Crippen LogP contribution < -0.4 is 10.4 Å². The average molecular weight is 207 g/mol. The number of carbonyl (C=O) groups excluding carboxylic acids is 1. The highest BCUT2D eigenvalue weighted by atomic mass is 32.2. The molecule has 0 saturated carbocycles. The Morgan fingerprint density at radius 3 is 2.62 bits per heavy atom. The SMILES string of the molecule is C[C@@H]([NH2+][C@H]1CCS(=O)(=O)C1)C(=O)[O-]. The van der Waals surface area contributed by atoms with Crippen molar-refractivity contribution >= 4 is 15.8 Å². The third-order valence-electron chi connectivity index (χ3n) is 2.20. The molecular formula is C7H13NO4S. The van der Waals surface area contributed by atoms with Crippen LogP contribution in [0.3, 0.4) is 0 Å². The molecule has 0 aromatic carbocycles. The topological polar surface area (TPSA) is 90.9 Å². The minimum absolute atomic E-state index is 0.0879. The van der Waals surface area contributed by atoms with Crippen LogP contribution in [0, 0.1) is 0 Å². The van der Waals surface area contributed by atoms with Gasteiger partial charge in [0.15, 0.2) is 9.84 Å². The summed E-state index contributed by atoms with van der Waals surface area (Å²) in [5, 5.41) is 11.9.